The summed E-state index contributed by atoms with van der Waals surface area (Å²) in [4.78, 5) is 0. The van der Waals surface area contributed by atoms with Crippen molar-refractivity contribution in [1.82, 2.24) is 0 Å². The fraction of sp³-hybridized carbons (Fsp3) is 0.879. The average Bonchev–Trinajstić information content (AvgIpc) is 2.99. The molecular formula is C33H58O4Si2. The molecule has 0 radical (unpaired) electrons. The van der Waals surface area contributed by atoms with Crippen molar-refractivity contribution in [2.24, 2.45) is 28.6 Å². The normalized spacial score (nSPS) is 43.2. The Kier molecular flexibility index (Phi) is 7.71. The molecule has 4 rings (SSSR count). The van der Waals surface area contributed by atoms with E-state index >= 15 is 0 Å². The van der Waals surface area contributed by atoms with Gasteiger partial charge >= 0.3 is 0 Å². The summed E-state index contributed by atoms with van der Waals surface area (Å²) in [6.45, 7) is 28.0. The maximum Gasteiger partial charge on any atom is 0.192 e. The summed E-state index contributed by atoms with van der Waals surface area (Å²) in [5.41, 5.74) is -0.378. The van der Waals surface area contributed by atoms with E-state index in [1.54, 1.807) is 0 Å². The van der Waals surface area contributed by atoms with E-state index < -0.39 is 33.8 Å². The first-order chi connectivity index (χ1) is 17.5. The van der Waals surface area contributed by atoms with Gasteiger partial charge in [0.25, 0.3) is 0 Å². The first-order valence-electron chi connectivity index (χ1n) is 15.5. The lowest BCUT2D eigenvalue weighted by molar-refractivity contribution is -0.133. The van der Waals surface area contributed by atoms with Crippen LogP contribution in [0.4, 0.5) is 0 Å². The van der Waals surface area contributed by atoms with Gasteiger partial charge in [0, 0.05) is 11.5 Å². The van der Waals surface area contributed by atoms with E-state index in [1.807, 2.05) is 0 Å². The highest BCUT2D eigenvalue weighted by molar-refractivity contribution is 6.74. The molecule has 0 bridgehead atoms. The zero-order chi connectivity index (χ0) is 29.6. The topological polar surface area (TPSA) is 58.9 Å². The van der Waals surface area contributed by atoms with E-state index in [4.69, 9.17) is 15.3 Å². The van der Waals surface area contributed by atoms with Crippen molar-refractivity contribution in [3.05, 3.63) is 11.6 Å². The molecule has 0 aromatic carbocycles. The Morgan fingerprint density at radius 1 is 0.923 bits per heavy atom. The van der Waals surface area contributed by atoms with Gasteiger partial charge < -0.3 is 19.1 Å². The lowest BCUT2D eigenvalue weighted by Gasteiger charge is -2.61. The van der Waals surface area contributed by atoms with E-state index in [0.29, 0.717) is 12.3 Å². The average molecular weight is 575 g/mol. The highest BCUT2D eigenvalue weighted by Crippen LogP contribution is 2.68. The molecule has 0 aromatic heterocycles. The molecule has 0 amide bonds. The van der Waals surface area contributed by atoms with Crippen LogP contribution in [0, 0.1) is 40.9 Å². The number of rotatable bonds is 4. The minimum absolute atomic E-state index is 0.0254. The van der Waals surface area contributed by atoms with Gasteiger partial charge in [0.2, 0.25) is 0 Å². The third-order valence-corrected chi connectivity index (χ3v) is 22.0. The van der Waals surface area contributed by atoms with Crippen LogP contribution in [0.2, 0.25) is 36.3 Å². The molecule has 3 unspecified atom stereocenters. The van der Waals surface area contributed by atoms with Crippen LogP contribution in [0.3, 0.4) is 0 Å². The highest BCUT2D eigenvalue weighted by atomic mass is 28.4. The summed E-state index contributed by atoms with van der Waals surface area (Å²) >= 11 is 0. The smallest absolute Gasteiger partial charge is 0.192 e. The molecule has 4 nitrogen and oxygen atoms in total. The van der Waals surface area contributed by atoms with Crippen molar-refractivity contribution in [2.75, 3.05) is 0 Å². The summed E-state index contributed by atoms with van der Waals surface area (Å²) < 4.78 is 14.3. The van der Waals surface area contributed by atoms with Gasteiger partial charge in [-0.25, -0.2) is 0 Å². The van der Waals surface area contributed by atoms with Crippen LogP contribution in [0.1, 0.15) is 93.9 Å². The molecule has 0 aliphatic heterocycles. The zero-order valence-corrected chi connectivity index (χ0v) is 29.1. The van der Waals surface area contributed by atoms with Crippen LogP contribution < -0.4 is 0 Å². The van der Waals surface area contributed by atoms with E-state index in [-0.39, 0.29) is 39.5 Å². The van der Waals surface area contributed by atoms with Crippen LogP contribution in [0.15, 0.2) is 11.6 Å². The predicted octanol–water partition coefficient (Wildman–Crippen LogP) is 7.68. The second kappa shape index (κ2) is 9.54. The van der Waals surface area contributed by atoms with Crippen molar-refractivity contribution < 1.29 is 19.1 Å². The first-order valence-corrected chi connectivity index (χ1v) is 21.3. The molecule has 2 N–H and O–H groups in total. The van der Waals surface area contributed by atoms with Crippen molar-refractivity contribution in [2.45, 2.75) is 154 Å². The molecule has 0 aromatic rings. The summed E-state index contributed by atoms with van der Waals surface area (Å²) in [7, 11) is -3.96. The Morgan fingerprint density at radius 2 is 1.49 bits per heavy atom. The second-order valence-electron chi connectivity index (χ2n) is 17.1. The fourth-order valence-electron chi connectivity index (χ4n) is 8.20. The number of terminal acetylenes is 1. The first kappa shape index (κ1) is 31.5. The Morgan fingerprint density at radius 3 is 2.03 bits per heavy atom. The van der Waals surface area contributed by atoms with Gasteiger partial charge in [-0.15, -0.1) is 6.42 Å². The molecule has 39 heavy (non-hydrogen) atoms. The van der Waals surface area contributed by atoms with Crippen molar-refractivity contribution in [3.63, 3.8) is 0 Å². The number of hydrogen-bond donors (Lipinski definition) is 2. The Bertz CT molecular complexity index is 1030. The minimum Gasteiger partial charge on any atom is -0.414 e. The van der Waals surface area contributed by atoms with Crippen LogP contribution >= 0.6 is 0 Å². The Hall–Kier alpha value is -0.426. The molecule has 3 fully saturated rings. The lowest BCUT2D eigenvalue weighted by atomic mass is 9.46. The third-order valence-electron chi connectivity index (χ3n) is 13.0. The molecular weight excluding hydrogens is 517 g/mol. The standard InChI is InChI=1S/C33H58O4Si2/c1-14-33(35)27(34)21-25-28-24(16-18-32(25,33)9)31(8)17-15-23(36-38(10,11)29(2,3)4)19-22(31)20-26(28)37-39(12,13)30(5,6)7/h1,20,23-28,34-35H,15-19,21H2,2-13H3/t23-,24?,25?,26-,27+,28?,31-,32-,33+/m0/s1. The van der Waals surface area contributed by atoms with Crippen molar-refractivity contribution in [1.29, 1.82) is 0 Å². The maximum atomic E-state index is 11.6. The van der Waals surface area contributed by atoms with E-state index in [1.165, 1.54) is 5.57 Å². The van der Waals surface area contributed by atoms with Crippen molar-refractivity contribution >= 4 is 16.6 Å². The predicted molar refractivity (Wildman–Crippen MR) is 166 cm³/mol. The number of hydrogen-bond acceptors (Lipinski definition) is 4. The Labute approximate surface area is 242 Å². The van der Waals surface area contributed by atoms with E-state index in [0.717, 1.165) is 32.1 Å². The number of aliphatic hydroxyl groups excluding tert-OH is 1. The maximum absolute atomic E-state index is 11.6. The number of aliphatic hydroxyl groups is 2. The molecule has 0 saturated heterocycles. The highest BCUT2D eigenvalue weighted by Gasteiger charge is 2.68. The molecule has 0 heterocycles. The van der Waals surface area contributed by atoms with Gasteiger partial charge in [0.1, 0.15) is 0 Å². The number of fused-ring (bicyclic) bond motifs is 5. The van der Waals surface area contributed by atoms with Crippen molar-refractivity contribution in [3.8, 4) is 12.3 Å². The third kappa shape index (κ3) is 4.80. The van der Waals surface area contributed by atoms with Gasteiger partial charge in [-0.1, -0.05) is 73.0 Å². The van der Waals surface area contributed by atoms with Gasteiger partial charge in [-0.2, -0.15) is 0 Å². The van der Waals surface area contributed by atoms with Gasteiger partial charge in [-0.05, 0) is 98.0 Å². The summed E-state index contributed by atoms with van der Waals surface area (Å²) in [5, 5.41) is 23.0. The van der Waals surface area contributed by atoms with Gasteiger partial charge in [0.15, 0.2) is 22.2 Å². The summed E-state index contributed by atoms with van der Waals surface area (Å²) in [6.07, 6.45) is 13.4. The monoisotopic (exact) mass is 574 g/mol. The molecule has 0 spiro atoms. The largest absolute Gasteiger partial charge is 0.414 e. The summed E-state index contributed by atoms with van der Waals surface area (Å²) in [6, 6.07) is 0. The molecule has 3 saturated carbocycles. The van der Waals surface area contributed by atoms with Crippen LogP contribution in [-0.2, 0) is 8.85 Å². The van der Waals surface area contributed by atoms with Crippen LogP contribution in [0.5, 0.6) is 0 Å². The van der Waals surface area contributed by atoms with E-state index in [9.17, 15) is 10.2 Å². The quantitative estimate of drug-likeness (QED) is 0.205. The molecule has 9 atom stereocenters. The zero-order valence-electron chi connectivity index (χ0n) is 27.1. The van der Waals surface area contributed by atoms with E-state index in [2.05, 4.69) is 93.6 Å². The minimum atomic E-state index is -2.09. The van der Waals surface area contributed by atoms with Gasteiger partial charge in [0.05, 0.1) is 12.2 Å². The molecule has 6 heteroatoms. The van der Waals surface area contributed by atoms with Crippen LogP contribution in [0.25, 0.3) is 0 Å². The fourth-order valence-corrected chi connectivity index (χ4v) is 10.8. The summed E-state index contributed by atoms with van der Waals surface area (Å²) in [5.74, 6) is 3.47. The molecule has 222 valence electrons. The SMILES string of the molecule is C#C[C@@]1(O)[C@H](O)CC2C3C(CC[C@@]21C)[C@@]1(C)CC[C@H](O[Si](C)(C)C(C)(C)C)CC1=C[C@@H]3O[Si](C)(C)C(C)(C)C. The molecule has 4 aliphatic rings. The second-order valence-corrected chi connectivity index (χ2v) is 26.6. The molecule has 4 aliphatic carbocycles. The lowest BCUT2D eigenvalue weighted by Crippen LogP contribution is -2.60. The van der Waals surface area contributed by atoms with Gasteiger partial charge in [-0.3, -0.25) is 0 Å². The Balaban J connectivity index is 1.76. The van der Waals surface area contributed by atoms with Crippen LogP contribution in [-0.4, -0.2) is 50.8 Å².